The average Bonchev–Trinajstić information content (AvgIpc) is 2.44. The number of nitrogens with one attached hydrogen (secondary N) is 1. The molecule has 1 amide bonds. The van der Waals surface area contributed by atoms with Gasteiger partial charge in [-0.15, -0.1) is 0 Å². The van der Waals surface area contributed by atoms with Gasteiger partial charge in [0.05, 0.1) is 11.9 Å². The Bertz CT molecular complexity index is 469. The van der Waals surface area contributed by atoms with Crippen LogP contribution in [0.15, 0.2) is 24.4 Å². The van der Waals surface area contributed by atoms with Crippen LogP contribution in [0.2, 0.25) is 0 Å². The number of pyridine rings is 1. The first-order chi connectivity index (χ1) is 9.61. The Labute approximate surface area is 117 Å². The van der Waals surface area contributed by atoms with E-state index in [2.05, 4.69) is 17.2 Å². The normalized spacial score (nSPS) is 10.4. The number of aromatic nitrogens is 1. The predicted molar refractivity (Wildman–Crippen MR) is 74.3 cm³/mol. The summed E-state index contributed by atoms with van der Waals surface area (Å²) >= 11 is 0. The van der Waals surface area contributed by atoms with Gasteiger partial charge in [-0.05, 0) is 24.6 Å². The number of hydrogen-bond acceptors (Lipinski definition) is 4. The highest BCUT2D eigenvalue weighted by Gasteiger charge is 2.02. The zero-order valence-electron chi connectivity index (χ0n) is 11.3. The molecule has 1 rings (SSSR count). The van der Waals surface area contributed by atoms with Gasteiger partial charge in [0.25, 0.3) is 5.91 Å². The van der Waals surface area contributed by atoms with Crippen LogP contribution in [-0.4, -0.2) is 35.1 Å². The molecular formula is C14H18N2O4. The van der Waals surface area contributed by atoms with Gasteiger partial charge in [-0.2, -0.15) is 0 Å². The molecule has 0 radical (unpaired) electrons. The van der Waals surface area contributed by atoms with Gasteiger partial charge < -0.3 is 15.2 Å². The van der Waals surface area contributed by atoms with Crippen LogP contribution in [0.3, 0.4) is 0 Å². The fraction of sp³-hybridized carbons (Fsp3) is 0.357. The topological polar surface area (TPSA) is 88.5 Å². The lowest BCUT2D eigenvalue weighted by molar-refractivity contribution is -0.131. The molecule has 1 aromatic rings. The lowest BCUT2D eigenvalue weighted by Gasteiger charge is -2.06. The third-order valence-electron chi connectivity index (χ3n) is 2.38. The van der Waals surface area contributed by atoms with Crippen molar-refractivity contribution in [3.63, 3.8) is 0 Å². The van der Waals surface area contributed by atoms with Crippen LogP contribution in [0.5, 0.6) is 5.75 Å². The minimum Gasteiger partial charge on any atom is -0.482 e. The summed E-state index contributed by atoms with van der Waals surface area (Å²) in [5.41, 5.74) is 0.507. The van der Waals surface area contributed by atoms with Crippen molar-refractivity contribution in [3.05, 3.63) is 30.1 Å². The van der Waals surface area contributed by atoms with E-state index in [4.69, 9.17) is 9.84 Å². The number of rotatable bonds is 8. The van der Waals surface area contributed by atoms with Crippen molar-refractivity contribution >= 4 is 18.0 Å². The number of carboxylic acid groups (broad SMARTS) is 1. The molecule has 6 heteroatoms. The first-order valence-electron chi connectivity index (χ1n) is 6.38. The molecule has 1 aromatic heterocycles. The first kappa shape index (κ1) is 15.7. The van der Waals surface area contributed by atoms with Crippen molar-refractivity contribution < 1.29 is 19.4 Å². The van der Waals surface area contributed by atoms with Crippen LogP contribution >= 0.6 is 0 Å². The maximum absolute atomic E-state index is 11.4. The lowest BCUT2D eigenvalue weighted by atomic mass is 10.3. The maximum Gasteiger partial charge on any atom is 0.328 e. The molecule has 0 saturated heterocycles. The molecule has 0 bridgehead atoms. The molecule has 0 aromatic carbocycles. The van der Waals surface area contributed by atoms with Gasteiger partial charge in [-0.3, -0.25) is 9.78 Å². The number of carbonyl (C=O) groups excluding carboxylic acids is 1. The van der Waals surface area contributed by atoms with Gasteiger partial charge in [0.1, 0.15) is 5.75 Å². The molecule has 0 aliphatic rings. The van der Waals surface area contributed by atoms with E-state index in [1.165, 1.54) is 12.3 Å². The van der Waals surface area contributed by atoms with Crippen LogP contribution in [0.4, 0.5) is 0 Å². The summed E-state index contributed by atoms with van der Waals surface area (Å²) in [4.78, 5) is 25.7. The van der Waals surface area contributed by atoms with Gasteiger partial charge in [-0.25, -0.2) is 4.79 Å². The molecule has 2 N–H and O–H groups in total. The largest absolute Gasteiger partial charge is 0.482 e. The summed E-state index contributed by atoms with van der Waals surface area (Å²) in [5, 5.41) is 11.2. The van der Waals surface area contributed by atoms with Crippen molar-refractivity contribution in [2.45, 2.75) is 19.8 Å². The number of carboxylic acids is 1. The van der Waals surface area contributed by atoms with Crippen LogP contribution in [0.1, 0.15) is 25.5 Å². The van der Waals surface area contributed by atoms with Crippen molar-refractivity contribution in [1.82, 2.24) is 10.3 Å². The van der Waals surface area contributed by atoms with Gasteiger partial charge in [0.15, 0.2) is 6.61 Å². The molecule has 0 spiro atoms. The molecule has 0 unspecified atom stereocenters. The summed E-state index contributed by atoms with van der Waals surface area (Å²) in [5.74, 6) is -0.743. The maximum atomic E-state index is 11.4. The van der Waals surface area contributed by atoms with Crippen LogP contribution < -0.4 is 10.1 Å². The summed E-state index contributed by atoms with van der Waals surface area (Å²) in [6, 6.07) is 3.25. The van der Waals surface area contributed by atoms with E-state index in [1.807, 2.05) is 0 Å². The standard InChI is InChI=1S/C14H18N2O4/c1-2-3-8-15-13(17)10-20-12-6-4-11(16-9-12)5-7-14(18)19/h4-7,9H,2-3,8,10H2,1H3,(H,15,17)(H,18,19). The summed E-state index contributed by atoms with van der Waals surface area (Å²) < 4.78 is 5.26. The fourth-order valence-corrected chi connectivity index (χ4v) is 1.34. The monoisotopic (exact) mass is 278 g/mol. The number of hydrogen-bond donors (Lipinski definition) is 2. The molecule has 0 aliphatic carbocycles. The van der Waals surface area contributed by atoms with Crippen molar-refractivity contribution in [2.75, 3.05) is 13.2 Å². The quantitative estimate of drug-likeness (QED) is 0.555. The number of amides is 1. The van der Waals surface area contributed by atoms with E-state index in [0.717, 1.165) is 18.9 Å². The highest BCUT2D eigenvalue weighted by atomic mass is 16.5. The van der Waals surface area contributed by atoms with Gasteiger partial charge in [-0.1, -0.05) is 13.3 Å². The molecule has 108 valence electrons. The SMILES string of the molecule is CCCCNC(=O)COc1ccc(C=CC(=O)O)nc1. The van der Waals surface area contributed by atoms with Gasteiger partial charge in [0, 0.05) is 12.6 Å². The number of aliphatic carboxylic acids is 1. The molecule has 0 atom stereocenters. The van der Waals surface area contributed by atoms with E-state index in [0.29, 0.717) is 18.0 Å². The Hall–Kier alpha value is -2.37. The highest BCUT2D eigenvalue weighted by Crippen LogP contribution is 2.09. The Kier molecular flexibility index (Phi) is 6.81. The van der Waals surface area contributed by atoms with Crippen LogP contribution in [0.25, 0.3) is 6.08 Å². The average molecular weight is 278 g/mol. The molecule has 20 heavy (non-hydrogen) atoms. The smallest absolute Gasteiger partial charge is 0.328 e. The van der Waals surface area contributed by atoms with Crippen molar-refractivity contribution in [3.8, 4) is 5.75 Å². The highest BCUT2D eigenvalue weighted by molar-refractivity contribution is 5.84. The summed E-state index contributed by atoms with van der Waals surface area (Å²) in [6.07, 6.45) is 5.79. The molecule has 0 aliphatic heterocycles. The second-order valence-corrected chi connectivity index (χ2v) is 4.08. The van der Waals surface area contributed by atoms with E-state index in [-0.39, 0.29) is 12.5 Å². The van der Waals surface area contributed by atoms with Crippen molar-refractivity contribution in [2.24, 2.45) is 0 Å². The molecule has 6 nitrogen and oxygen atoms in total. The number of ether oxygens (including phenoxy) is 1. The first-order valence-corrected chi connectivity index (χ1v) is 6.38. The number of unbranched alkanes of at least 4 members (excludes halogenated alkanes) is 1. The third-order valence-corrected chi connectivity index (χ3v) is 2.38. The van der Waals surface area contributed by atoms with Crippen molar-refractivity contribution in [1.29, 1.82) is 0 Å². The fourth-order valence-electron chi connectivity index (χ4n) is 1.34. The van der Waals surface area contributed by atoms with E-state index >= 15 is 0 Å². The van der Waals surface area contributed by atoms with Gasteiger partial charge in [0.2, 0.25) is 0 Å². The zero-order valence-corrected chi connectivity index (χ0v) is 11.3. The van der Waals surface area contributed by atoms with E-state index in [9.17, 15) is 9.59 Å². The predicted octanol–water partition coefficient (Wildman–Crippen LogP) is 1.47. The Morgan fingerprint density at radius 2 is 2.25 bits per heavy atom. The number of nitrogens with zero attached hydrogens (tertiary/aromatic N) is 1. The van der Waals surface area contributed by atoms with E-state index < -0.39 is 5.97 Å². The molecular weight excluding hydrogens is 260 g/mol. The number of carbonyl (C=O) groups is 2. The molecule has 1 heterocycles. The summed E-state index contributed by atoms with van der Waals surface area (Å²) in [7, 11) is 0. The Morgan fingerprint density at radius 3 is 2.85 bits per heavy atom. The Balaban J connectivity index is 2.38. The Morgan fingerprint density at radius 1 is 1.45 bits per heavy atom. The minimum atomic E-state index is -1.03. The lowest BCUT2D eigenvalue weighted by Crippen LogP contribution is -2.29. The molecule has 0 fully saturated rings. The van der Waals surface area contributed by atoms with Gasteiger partial charge >= 0.3 is 5.97 Å². The minimum absolute atomic E-state index is 0.0598. The zero-order chi connectivity index (χ0) is 14.8. The van der Waals surface area contributed by atoms with Crippen LogP contribution in [-0.2, 0) is 9.59 Å². The second-order valence-electron chi connectivity index (χ2n) is 4.08. The second kappa shape index (κ2) is 8.68. The summed E-state index contributed by atoms with van der Waals surface area (Å²) in [6.45, 7) is 2.64. The van der Waals surface area contributed by atoms with Crippen LogP contribution in [0, 0.1) is 0 Å². The van der Waals surface area contributed by atoms with E-state index in [1.54, 1.807) is 12.1 Å². The molecule has 0 saturated carbocycles. The third kappa shape index (κ3) is 6.53.